The number of unbranched alkanes of at least 4 members (excludes halogenated alkanes) is 4. The summed E-state index contributed by atoms with van der Waals surface area (Å²) < 4.78 is 0. The van der Waals surface area contributed by atoms with Gasteiger partial charge in [-0.15, -0.1) is 0 Å². The molecule has 0 aromatic rings. The highest BCUT2D eigenvalue weighted by molar-refractivity contribution is 5.66. The van der Waals surface area contributed by atoms with Crippen molar-refractivity contribution in [2.24, 2.45) is 5.92 Å². The number of carboxylic acids is 1. The van der Waals surface area contributed by atoms with Crippen LogP contribution in [0.15, 0.2) is 12.2 Å². The highest BCUT2D eigenvalue weighted by atomic mass is 16.4. The summed E-state index contributed by atoms with van der Waals surface area (Å²) in [5.74, 6) is 0.172. The number of carbonyl (C=O) groups is 1. The third-order valence-electron chi connectivity index (χ3n) is 3.21. The fraction of sp³-hybridized carbons (Fsp3) is 0.800. The quantitative estimate of drug-likeness (QED) is 0.416. The zero-order chi connectivity index (χ0) is 12.9. The van der Waals surface area contributed by atoms with E-state index in [1.165, 1.54) is 38.5 Å². The third-order valence-corrected chi connectivity index (χ3v) is 3.21. The second-order valence-electron chi connectivity index (χ2n) is 4.91. The number of hydrogen-bond donors (Lipinski definition) is 1. The molecule has 0 aliphatic rings. The first-order valence-corrected chi connectivity index (χ1v) is 7.03. The van der Waals surface area contributed by atoms with E-state index in [1.54, 1.807) is 0 Å². The fourth-order valence-corrected chi connectivity index (χ4v) is 1.76. The molecule has 0 aromatic carbocycles. The molecule has 100 valence electrons. The average Bonchev–Trinajstić information content (AvgIpc) is 2.30. The van der Waals surface area contributed by atoms with Crippen LogP contribution in [0.25, 0.3) is 0 Å². The number of rotatable bonds is 11. The molecule has 0 fully saturated rings. The van der Waals surface area contributed by atoms with E-state index in [9.17, 15) is 4.79 Å². The molecule has 0 aliphatic heterocycles. The lowest BCUT2D eigenvalue weighted by molar-refractivity contribution is -0.136. The van der Waals surface area contributed by atoms with E-state index in [0.29, 0.717) is 6.42 Å². The Labute approximate surface area is 106 Å². The van der Waals surface area contributed by atoms with Crippen LogP contribution in [0, 0.1) is 5.92 Å². The lowest BCUT2D eigenvalue weighted by Gasteiger charge is -2.06. The number of hydrogen-bond acceptors (Lipinski definition) is 1. The first-order valence-electron chi connectivity index (χ1n) is 7.03. The summed E-state index contributed by atoms with van der Waals surface area (Å²) in [5.41, 5.74) is 0. The molecule has 0 amide bonds. The molecule has 0 bridgehead atoms. The van der Waals surface area contributed by atoms with E-state index in [4.69, 9.17) is 5.11 Å². The van der Waals surface area contributed by atoms with Gasteiger partial charge in [0.1, 0.15) is 0 Å². The van der Waals surface area contributed by atoms with Crippen molar-refractivity contribution in [3.05, 3.63) is 12.2 Å². The summed E-state index contributed by atoms with van der Waals surface area (Å²) in [6.07, 6.45) is 14.1. The molecule has 0 spiro atoms. The number of carboxylic acid groups (broad SMARTS) is 1. The zero-order valence-corrected chi connectivity index (χ0v) is 11.5. The van der Waals surface area contributed by atoms with Crippen LogP contribution in [0.5, 0.6) is 0 Å². The SMILES string of the molecule is CCC(C)CCCCCCC=CCCC(=O)O. The van der Waals surface area contributed by atoms with Crippen LogP contribution in [0.1, 0.15) is 71.6 Å². The number of aliphatic carboxylic acids is 1. The highest BCUT2D eigenvalue weighted by Gasteiger charge is 1.97. The minimum absolute atomic E-state index is 0.255. The maximum Gasteiger partial charge on any atom is 0.303 e. The third kappa shape index (κ3) is 13.1. The summed E-state index contributed by atoms with van der Waals surface area (Å²) in [6, 6.07) is 0. The Morgan fingerprint density at radius 2 is 1.76 bits per heavy atom. The van der Waals surface area contributed by atoms with E-state index in [-0.39, 0.29) is 6.42 Å². The fourth-order valence-electron chi connectivity index (χ4n) is 1.76. The zero-order valence-electron chi connectivity index (χ0n) is 11.5. The maximum atomic E-state index is 10.3. The monoisotopic (exact) mass is 240 g/mol. The molecule has 0 rings (SSSR count). The molecule has 0 saturated heterocycles. The van der Waals surface area contributed by atoms with E-state index in [1.807, 2.05) is 6.08 Å². The first kappa shape index (κ1) is 16.2. The van der Waals surface area contributed by atoms with E-state index >= 15 is 0 Å². The Balaban J connectivity index is 3.15. The van der Waals surface area contributed by atoms with Crippen LogP contribution in [0.2, 0.25) is 0 Å². The van der Waals surface area contributed by atoms with Crippen molar-refractivity contribution in [2.75, 3.05) is 0 Å². The molecule has 0 radical (unpaired) electrons. The van der Waals surface area contributed by atoms with Gasteiger partial charge >= 0.3 is 5.97 Å². The van der Waals surface area contributed by atoms with Crippen molar-refractivity contribution in [2.45, 2.75) is 71.6 Å². The Hall–Kier alpha value is -0.790. The molecular formula is C15H28O2. The lowest BCUT2D eigenvalue weighted by Crippen LogP contribution is -1.91. The largest absolute Gasteiger partial charge is 0.481 e. The minimum Gasteiger partial charge on any atom is -0.481 e. The van der Waals surface area contributed by atoms with Crippen LogP contribution < -0.4 is 0 Å². The summed E-state index contributed by atoms with van der Waals surface area (Å²) in [4.78, 5) is 10.3. The van der Waals surface area contributed by atoms with Crippen molar-refractivity contribution in [3.63, 3.8) is 0 Å². The highest BCUT2D eigenvalue weighted by Crippen LogP contribution is 2.13. The molecule has 1 unspecified atom stereocenters. The van der Waals surface area contributed by atoms with E-state index in [2.05, 4.69) is 19.9 Å². The van der Waals surface area contributed by atoms with Gasteiger partial charge in [-0.2, -0.15) is 0 Å². The van der Waals surface area contributed by atoms with Gasteiger partial charge < -0.3 is 5.11 Å². The minimum atomic E-state index is -0.709. The van der Waals surface area contributed by atoms with Crippen LogP contribution in [-0.4, -0.2) is 11.1 Å². The van der Waals surface area contributed by atoms with Crippen molar-refractivity contribution < 1.29 is 9.90 Å². The van der Waals surface area contributed by atoms with Crippen LogP contribution >= 0.6 is 0 Å². The van der Waals surface area contributed by atoms with Gasteiger partial charge in [0.05, 0.1) is 0 Å². The molecule has 2 heteroatoms. The molecule has 0 saturated carbocycles. The van der Waals surface area contributed by atoms with Gasteiger partial charge in [-0.05, 0) is 25.2 Å². The van der Waals surface area contributed by atoms with Gasteiger partial charge in [-0.3, -0.25) is 4.79 Å². The van der Waals surface area contributed by atoms with Crippen molar-refractivity contribution in [1.82, 2.24) is 0 Å². The molecule has 2 nitrogen and oxygen atoms in total. The summed E-state index contributed by atoms with van der Waals surface area (Å²) in [5, 5.41) is 8.44. The van der Waals surface area contributed by atoms with Crippen LogP contribution in [0.3, 0.4) is 0 Å². The molecule has 1 N–H and O–H groups in total. The Morgan fingerprint density at radius 1 is 1.12 bits per heavy atom. The van der Waals surface area contributed by atoms with E-state index < -0.39 is 5.97 Å². The van der Waals surface area contributed by atoms with Crippen molar-refractivity contribution >= 4 is 5.97 Å². The second-order valence-corrected chi connectivity index (χ2v) is 4.91. The lowest BCUT2D eigenvalue weighted by atomic mass is 10.00. The number of allylic oxidation sites excluding steroid dienone is 2. The standard InChI is InChI=1S/C15H28O2/c1-3-14(2)12-10-8-6-4-5-7-9-11-13-15(16)17/h7,9,14H,3-6,8,10-13H2,1-2H3,(H,16,17). The molecular weight excluding hydrogens is 212 g/mol. The normalized spacial score (nSPS) is 13.1. The Morgan fingerprint density at radius 3 is 2.41 bits per heavy atom. The summed E-state index contributed by atoms with van der Waals surface area (Å²) >= 11 is 0. The Kier molecular flexibility index (Phi) is 11.1. The second kappa shape index (κ2) is 11.7. The average molecular weight is 240 g/mol. The van der Waals surface area contributed by atoms with Gasteiger partial charge in [0.25, 0.3) is 0 Å². The van der Waals surface area contributed by atoms with Gasteiger partial charge in [-0.1, -0.05) is 58.1 Å². The van der Waals surface area contributed by atoms with Crippen molar-refractivity contribution in [3.8, 4) is 0 Å². The van der Waals surface area contributed by atoms with Gasteiger partial charge in [0.15, 0.2) is 0 Å². The van der Waals surface area contributed by atoms with Gasteiger partial charge in [0.2, 0.25) is 0 Å². The van der Waals surface area contributed by atoms with Crippen LogP contribution in [0.4, 0.5) is 0 Å². The Bertz CT molecular complexity index is 209. The summed E-state index contributed by atoms with van der Waals surface area (Å²) in [6.45, 7) is 4.58. The molecule has 0 heterocycles. The smallest absolute Gasteiger partial charge is 0.303 e. The molecule has 0 aliphatic carbocycles. The molecule has 0 aromatic heterocycles. The predicted octanol–water partition coefficient (Wildman–Crippen LogP) is 4.79. The van der Waals surface area contributed by atoms with Gasteiger partial charge in [0, 0.05) is 6.42 Å². The van der Waals surface area contributed by atoms with E-state index in [0.717, 1.165) is 12.3 Å². The molecule has 17 heavy (non-hydrogen) atoms. The van der Waals surface area contributed by atoms with Crippen LogP contribution in [-0.2, 0) is 4.79 Å². The maximum absolute atomic E-state index is 10.3. The predicted molar refractivity (Wildman–Crippen MR) is 73.2 cm³/mol. The topological polar surface area (TPSA) is 37.3 Å². The first-order chi connectivity index (χ1) is 8.16. The van der Waals surface area contributed by atoms with Gasteiger partial charge in [-0.25, -0.2) is 0 Å². The molecule has 1 atom stereocenters. The summed E-state index contributed by atoms with van der Waals surface area (Å²) in [7, 11) is 0. The van der Waals surface area contributed by atoms with Crippen molar-refractivity contribution in [1.29, 1.82) is 0 Å².